The third-order valence-corrected chi connectivity index (χ3v) is 3.32. The molecule has 0 bridgehead atoms. The lowest BCUT2D eigenvalue weighted by atomic mass is 10.1. The van der Waals surface area contributed by atoms with Gasteiger partial charge in [-0.25, -0.2) is 0 Å². The van der Waals surface area contributed by atoms with Crippen molar-refractivity contribution >= 4 is 17.3 Å². The number of para-hydroxylation sites is 2. The molecule has 0 saturated carbocycles. The fourth-order valence-electron chi connectivity index (χ4n) is 2.13. The molecule has 0 spiro atoms. The lowest BCUT2D eigenvalue weighted by Gasteiger charge is -2.19. The van der Waals surface area contributed by atoms with Crippen LogP contribution in [0.4, 0.5) is 5.69 Å². The standard InChI is InChI=1S/C15H14ClNO3/c16-12-7-10-5-6-19-20-15(10)11(8-12)9-18-14-4-2-1-3-13(14)17/h1-4,7-8H,5-6,9,17H2. The molecule has 3 rings (SSSR count). The van der Waals surface area contributed by atoms with Crippen molar-refractivity contribution in [1.29, 1.82) is 0 Å². The van der Waals surface area contributed by atoms with Gasteiger partial charge in [-0.05, 0) is 24.3 Å². The Morgan fingerprint density at radius 1 is 1.25 bits per heavy atom. The predicted octanol–water partition coefficient (Wildman–Crippen LogP) is 3.37. The summed E-state index contributed by atoms with van der Waals surface area (Å²) in [4.78, 5) is 10.3. The maximum atomic E-state index is 6.12. The zero-order valence-corrected chi connectivity index (χ0v) is 11.5. The number of hydrogen-bond donors (Lipinski definition) is 1. The molecule has 2 aromatic rings. The molecule has 0 radical (unpaired) electrons. The van der Waals surface area contributed by atoms with Gasteiger partial charge in [-0.3, -0.25) is 0 Å². The van der Waals surface area contributed by atoms with Crippen molar-refractivity contribution in [2.75, 3.05) is 12.3 Å². The highest BCUT2D eigenvalue weighted by molar-refractivity contribution is 6.30. The van der Waals surface area contributed by atoms with Gasteiger partial charge in [-0.1, -0.05) is 23.7 Å². The predicted molar refractivity (Wildman–Crippen MR) is 76.9 cm³/mol. The quantitative estimate of drug-likeness (QED) is 0.696. The summed E-state index contributed by atoms with van der Waals surface area (Å²) in [5.41, 5.74) is 8.32. The summed E-state index contributed by atoms with van der Waals surface area (Å²) in [5.74, 6) is 1.33. The Hall–Kier alpha value is -1.91. The third-order valence-electron chi connectivity index (χ3n) is 3.11. The molecule has 104 valence electrons. The van der Waals surface area contributed by atoms with Crippen LogP contribution in [0.1, 0.15) is 11.1 Å². The normalized spacial score (nSPS) is 13.4. The maximum absolute atomic E-state index is 6.12. The molecule has 1 aliphatic rings. The SMILES string of the molecule is Nc1ccccc1OCc1cc(Cl)cc2c1OOCC2. The number of nitrogens with two attached hydrogens (primary N) is 1. The number of fused-ring (bicyclic) bond motifs is 1. The van der Waals surface area contributed by atoms with Crippen LogP contribution in [0.25, 0.3) is 0 Å². The lowest BCUT2D eigenvalue weighted by molar-refractivity contribution is -0.215. The monoisotopic (exact) mass is 291 g/mol. The van der Waals surface area contributed by atoms with E-state index in [1.54, 1.807) is 6.07 Å². The maximum Gasteiger partial charge on any atom is 0.175 e. The summed E-state index contributed by atoms with van der Waals surface area (Å²) in [6, 6.07) is 11.1. The van der Waals surface area contributed by atoms with Crippen molar-refractivity contribution in [2.45, 2.75) is 13.0 Å². The van der Waals surface area contributed by atoms with Crippen molar-refractivity contribution in [3.05, 3.63) is 52.5 Å². The number of rotatable bonds is 3. The molecular formula is C15H14ClNO3. The number of halogens is 1. The summed E-state index contributed by atoms with van der Waals surface area (Å²) < 4.78 is 5.72. The first-order valence-electron chi connectivity index (χ1n) is 6.32. The van der Waals surface area contributed by atoms with Crippen LogP contribution in [0.5, 0.6) is 11.5 Å². The average molecular weight is 292 g/mol. The summed E-state index contributed by atoms with van der Waals surface area (Å²) in [7, 11) is 0. The van der Waals surface area contributed by atoms with Gasteiger partial charge in [0.1, 0.15) is 12.4 Å². The Labute approximate surface area is 121 Å². The van der Waals surface area contributed by atoms with Gasteiger partial charge in [0.25, 0.3) is 0 Å². The zero-order valence-electron chi connectivity index (χ0n) is 10.8. The lowest BCUT2D eigenvalue weighted by Crippen LogP contribution is -2.13. The number of hydrogen-bond acceptors (Lipinski definition) is 4. The summed E-state index contributed by atoms with van der Waals surface area (Å²) >= 11 is 6.12. The van der Waals surface area contributed by atoms with Crippen molar-refractivity contribution < 1.29 is 14.5 Å². The fraction of sp³-hybridized carbons (Fsp3) is 0.200. The van der Waals surface area contributed by atoms with Crippen LogP contribution in [0.2, 0.25) is 5.02 Å². The Kier molecular flexibility index (Phi) is 3.67. The molecule has 0 atom stereocenters. The second-order valence-corrected chi connectivity index (χ2v) is 4.97. The molecule has 20 heavy (non-hydrogen) atoms. The van der Waals surface area contributed by atoms with Crippen LogP contribution in [0.3, 0.4) is 0 Å². The van der Waals surface area contributed by atoms with E-state index in [1.807, 2.05) is 30.3 Å². The second-order valence-electron chi connectivity index (χ2n) is 4.53. The fourth-order valence-corrected chi connectivity index (χ4v) is 2.39. The molecule has 0 unspecified atom stereocenters. The van der Waals surface area contributed by atoms with Crippen LogP contribution in [-0.4, -0.2) is 6.61 Å². The van der Waals surface area contributed by atoms with Crippen molar-refractivity contribution in [2.24, 2.45) is 0 Å². The molecule has 2 N–H and O–H groups in total. The van der Waals surface area contributed by atoms with Crippen molar-refractivity contribution in [1.82, 2.24) is 0 Å². The van der Waals surface area contributed by atoms with Crippen LogP contribution in [0, 0.1) is 0 Å². The van der Waals surface area contributed by atoms with Gasteiger partial charge in [-0.15, -0.1) is 0 Å². The van der Waals surface area contributed by atoms with Gasteiger partial charge in [0.2, 0.25) is 0 Å². The first-order valence-corrected chi connectivity index (χ1v) is 6.70. The summed E-state index contributed by atoms with van der Waals surface area (Å²) in [5, 5.41) is 0.661. The van der Waals surface area contributed by atoms with Crippen LogP contribution in [0.15, 0.2) is 36.4 Å². The van der Waals surface area contributed by atoms with E-state index in [1.165, 1.54) is 0 Å². The molecule has 5 heteroatoms. The van der Waals surface area contributed by atoms with E-state index in [9.17, 15) is 0 Å². The highest BCUT2D eigenvalue weighted by Gasteiger charge is 2.18. The van der Waals surface area contributed by atoms with Crippen LogP contribution < -0.4 is 15.4 Å². The molecule has 0 fully saturated rings. The minimum absolute atomic E-state index is 0.320. The van der Waals surface area contributed by atoms with E-state index in [-0.39, 0.29) is 0 Å². The zero-order chi connectivity index (χ0) is 13.9. The molecule has 0 saturated heterocycles. The van der Waals surface area contributed by atoms with Crippen LogP contribution in [-0.2, 0) is 17.9 Å². The number of anilines is 1. The molecule has 1 heterocycles. The minimum atomic E-state index is 0.320. The van der Waals surface area contributed by atoms with Crippen molar-refractivity contribution in [3.8, 4) is 11.5 Å². The van der Waals surface area contributed by atoms with Gasteiger partial charge in [0.05, 0.1) is 12.3 Å². The highest BCUT2D eigenvalue weighted by atomic mass is 35.5. The van der Waals surface area contributed by atoms with Gasteiger partial charge in [0.15, 0.2) is 5.75 Å². The number of nitrogen functional groups attached to an aromatic ring is 1. The molecule has 2 aromatic carbocycles. The first-order chi connectivity index (χ1) is 9.74. The molecule has 1 aliphatic heterocycles. The molecule has 4 nitrogen and oxygen atoms in total. The summed E-state index contributed by atoms with van der Waals surface area (Å²) in [6.45, 7) is 0.847. The van der Waals surface area contributed by atoms with E-state index in [4.69, 9.17) is 31.8 Å². The molecule has 0 aliphatic carbocycles. The minimum Gasteiger partial charge on any atom is -0.487 e. The molecule has 0 amide bonds. The first kappa shape index (κ1) is 13.1. The van der Waals surface area contributed by atoms with Gasteiger partial charge < -0.3 is 15.4 Å². The Morgan fingerprint density at radius 3 is 2.95 bits per heavy atom. The largest absolute Gasteiger partial charge is 0.487 e. The number of ether oxygens (including phenoxy) is 1. The summed E-state index contributed by atoms with van der Waals surface area (Å²) in [6.07, 6.45) is 0.774. The third kappa shape index (κ3) is 2.66. The highest BCUT2D eigenvalue weighted by Crippen LogP contribution is 2.32. The van der Waals surface area contributed by atoms with E-state index in [2.05, 4.69) is 0 Å². The Bertz CT molecular complexity index is 631. The van der Waals surface area contributed by atoms with E-state index in [0.717, 1.165) is 17.5 Å². The second kappa shape index (κ2) is 5.61. The van der Waals surface area contributed by atoms with E-state index >= 15 is 0 Å². The van der Waals surface area contributed by atoms with Gasteiger partial charge in [0, 0.05) is 22.6 Å². The average Bonchev–Trinajstić information content (AvgIpc) is 2.46. The topological polar surface area (TPSA) is 53.7 Å². The van der Waals surface area contributed by atoms with Crippen LogP contribution >= 0.6 is 11.6 Å². The smallest absolute Gasteiger partial charge is 0.175 e. The van der Waals surface area contributed by atoms with Gasteiger partial charge >= 0.3 is 0 Å². The Balaban J connectivity index is 1.84. The van der Waals surface area contributed by atoms with Crippen molar-refractivity contribution in [3.63, 3.8) is 0 Å². The van der Waals surface area contributed by atoms with E-state index < -0.39 is 0 Å². The van der Waals surface area contributed by atoms with E-state index in [0.29, 0.717) is 35.4 Å². The molecule has 0 aromatic heterocycles. The van der Waals surface area contributed by atoms with Gasteiger partial charge in [-0.2, -0.15) is 4.89 Å². The molecular weight excluding hydrogens is 278 g/mol. The number of benzene rings is 2. The Morgan fingerprint density at radius 2 is 2.10 bits per heavy atom.